The molecule has 4 nitrogen and oxygen atoms in total. The van der Waals surface area contributed by atoms with Crippen molar-refractivity contribution in [2.24, 2.45) is 5.92 Å². The number of rotatable bonds is 9. The first kappa shape index (κ1) is 25.2. The quantitative estimate of drug-likeness (QED) is 0.428. The SMILES string of the molecule is C=CC1=C(/C=C(\C=C)S(=O)(=O)NC2CCCCCCC2)OCCC1/C(C=C)=C/C=C\C. The van der Waals surface area contributed by atoms with Crippen LogP contribution in [0.25, 0.3) is 0 Å². The van der Waals surface area contributed by atoms with E-state index in [2.05, 4.69) is 24.5 Å². The van der Waals surface area contributed by atoms with Gasteiger partial charge in [-0.1, -0.05) is 82.2 Å². The molecule has 1 unspecified atom stereocenters. The monoisotopic (exact) mass is 443 g/mol. The Morgan fingerprint density at radius 2 is 1.71 bits per heavy atom. The highest BCUT2D eigenvalue weighted by atomic mass is 32.2. The number of hydrogen-bond acceptors (Lipinski definition) is 3. The van der Waals surface area contributed by atoms with E-state index in [4.69, 9.17) is 4.74 Å². The van der Waals surface area contributed by atoms with Crippen LogP contribution in [0.1, 0.15) is 58.3 Å². The molecule has 1 saturated carbocycles. The molecule has 0 bridgehead atoms. The van der Waals surface area contributed by atoms with Gasteiger partial charge in [-0.25, -0.2) is 13.1 Å². The molecule has 1 aliphatic carbocycles. The third-order valence-corrected chi connectivity index (χ3v) is 7.42. The second-order valence-electron chi connectivity index (χ2n) is 8.02. The molecule has 1 aliphatic heterocycles. The lowest BCUT2D eigenvalue weighted by Crippen LogP contribution is -2.35. The Labute approximate surface area is 188 Å². The first-order chi connectivity index (χ1) is 15.0. The molecule has 170 valence electrons. The van der Waals surface area contributed by atoms with Crippen LogP contribution in [0.2, 0.25) is 0 Å². The maximum absolute atomic E-state index is 13.1. The number of allylic oxidation sites excluding steroid dienone is 9. The van der Waals surface area contributed by atoms with Crippen LogP contribution in [0.5, 0.6) is 0 Å². The van der Waals surface area contributed by atoms with Gasteiger partial charge in [0.25, 0.3) is 0 Å². The molecule has 0 aromatic rings. The molecular formula is C26H37NO3S. The zero-order valence-electron chi connectivity index (χ0n) is 18.8. The van der Waals surface area contributed by atoms with Gasteiger partial charge in [-0.15, -0.1) is 0 Å². The number of sulfonamides is 1. The highest BCUT2D eigenvalue weighted by molar-refractivity contribution is 7.93. The molecule has 0 spiro atoms. The summed E-state index contributed by atoms with van der Waals surface area (Å²) >= 11 is 0. The summed E-state index contributed by atoms with van der Waals surface area (Å²) in [7, 11) is -3.69. The van der Waals surface area contributed by atoms with Crippen LogP contribution < -0.4 is 4.72 Å². The van der Waals surface area contributed by atoms with Gasteiger partial charge in [0, 0.05) is 23.6 Å². The predicted molar refractivity (Wildman–Crippen MR) is 131 cm³/mol. The average molecular weight is 444 g/mol. The minimum absolute atomic E-state index is 0.0299. The van der Waals surface area contributed by atoms with Crippen molar-refractivity contribution in [3.05, 3.63) is 84.1 Å². The summed E-state index contributed by atoms with van der Waals surface area (Å²) in [5.41, 5.74) is 1.92. The van der Waals surface area contributed by atoms with Gasteiger partial charge in [-0.05, 0) is 37.8 Å². The van der Waals surface area contributed by atoms with E-state index >= 15 is 0 Å². The molecule has 2 rings (SSSR count). The van der Waals surface area contributed by atoms with Gasteiger partial charge >= 0.3 is 0 Å². The van der Waals surface area contributed by atoms with Crippen molar-refractivity contribution >= 4 is 10.0 Å². The van der Waals surface area contributed by atoms with E-state index in [1.54, 1.807) is 12.2 Å². The fourth-order valence-corrected chi connectivity index (χ4v) is 5.47. The van der Waals surface area contributed by atoms with Crippen molar-refractivity contribution in [2.75, 3.05) is 6.61 Å². The summed E-state index contributed by atoms with van der Waals surface area (Å²) < 4.78 is 35.0. The Hall–Kier alpha value is -2.11. The molecule has 5 heteroatoms. The van der Waals surface area contributed by atoms with Crippen LogP contribution in [0.15, 0.2) is 84.1 Å². The zero-order chi connectivity index (χ0) is 22.7. The van der Waals surface area contributed by atoms with Crippen LogP contribution in [0, 0.1) is 5.92 Å². The largest absolute Gasteiger partial charge is 0.493 e. The van der Waals surface area contributed by atoms with Crippen molar-refractivity contribution in [3.8, 4) is 0 Å². The molecule has 1 atom stereocenters. The van der Waals surface area contributed by atoms with Crippen molar-refractivity contribution < 1.29 is 13.2 Å². The Morgan fingerprint density at radius 1 is 1.03 bits per heavy atom. The summed E-state index contributed by atoms with van der Waals surface area (Å²) in [4.78, 5) is 0.127. The number of hydrogen-bond donors (Lipinski definition) is 1. The highest BCUT2D eigenvalue weighted by Crippen LogP contribution is 2.34. The van der Waals surface area contributed by atoms with Gasteiger partial charge in [-0.3, -0.25) is 0 Å². The molecule has 0 radical (unpaired) electrons. The van der Waals surface area contributed by atoms with Crippen molar-refractivity contribution in [3.63, 3.8) is 0 Å². The normalized spacial score (nSPS) is 22.5. The van der Waals surface area contributed by atoms with Crippen LogP contribution in [-0.4, -0.2) is 21.1 Å². The zero-order valence-corrected chi connectivity index (χ0v) is 19.6. The summed E-state index contributed by atoms with van der Waals surface area (Å²) in [5.74, 6) is 0.580. The Bertz CT molecular complexity index is 866. The Morgan fingerprint density at radius 3 is 2.29 bits per heavy atom. The van der Waals surface area contributed by atoms with Gasteiger partial charge in [0.05, 0.1) is 11.5 Å². The minimum Gasteiger partial charge on any atom is -0.493 e. The topological polar surface area (TPSA) is 55.4 Å². The van der Waals surface area contributed by atoms with E-state index in [0.29, 0.717) is 12.4 Å². The van der Waals surface area contributed by atoms with Crippen molar-refractivity contribution in [1.82, 2.24) is 4.72 Å². The Kier molecular flexibility index (Phi) is 10.3. The predicted octanol–water partition coefficient (Wildman–Crippen LogP) is 6.25. The van der Waals surface area contributed by atoms with E-state index in [-0.39, 0.29) is 16.9 Å². The molecule has 0 aromatic heterocycles. The second kappa shape index (κ2) is 12.7. The molecule has 2 aliphatic rings. The summed E-state index contributed by atoms with van der Waals surface area (Å²) in [6.07, 6.45) is 20.7. The van der Waals surface area contributed by atoms with Gasteiger partial charge in [0.1, 0.15) is 5.76 Å². The average Bonchev–Trinajstić information content (AvgIpc) is 2.74. The Balaban J connectivity index is 2.35. The fraction of sp³-hybridized carbons (Fsp3) is 0.462. The van der Waals surface area contributed by atoms with E-state index in [0.717, 1.165) is 43.3 Å². The van der Waals surface area contributed by atoms with E-state index in [1.807, 2.05) is 31.2 Å². The van der Waals surface area contributed by atoms with Gasteiger partial charge in [0.2, 0.25) is 10.0 Å². The smallest absolute Gasteiger partial charge is 0.240 e. The molecule has 1 fully saturated rings. The van der Waals surface area contributed by atoms with Crippen molar-refractivity contribution in [1.29, 1.82) is 0 Å². The van der Waals surface area contributed by atoms with Crippen LogP contribution in [-0.2, 0) is 14.8 Å². The minimum atomic E-state index is -3.69. The molecule has 0 saturated heterocycles. The number of ether oxygens (including phenoxy) is 1. The highest BCUT2D eigenvalue weighted by Gasteiger charge is 2.26. The molecule has 0 aromatic carbocycles. The van der Waals surface area contributed by atoms with E-state index < -0.39 is 10.0 Å². The summed E-state index contributed by atoms with van der Waals surface area (Å²) in [6, 6.07) is -0.0299. The first-order valence-electron chi connectivity index (χ1n) is 11.3. The third kappa shape index (κ3) is 7.22. The second-order valence-corrected chi connectivity index (χ2v) is 9.74. The van der Waals surface area contributed by atoms with Crippen LogP contribution >= 0.6 is 0 Å². The summed E-state index contributed by atoms with van der Waals surface area (Å²) in [6.45, 7) is 14.1. The molecule has 31 heavy (non-hydrogen) atoms. The summed E-state index contributed by atoms with van der Waals surface area (Å²) in [5, 5.41) is 0. The van der Waals surface area contributed by atoms with E-state index in [1.165, 1.54) is 25.3 Å². The van der Waals surface area contributed by atoms with Gasteiger partial charge in [-0.2, -0.15) is 0 Å². The number of nitrogens with one attached hydrogen (secondary N) is 1. The van der Waals surface area contributed by atoms with Gasteiger partial charge in [0.15, 0.2) is 0 Å². The molecule has 1 N–H and O–H groups in total. The molecule has 0 amide bonds. The lowest BCUT2D eigenvalue weighted by Gasteiger charge is -2.27. The first-order valence-corrected chi connectivity index (χ1v) is 12.8. The third-order valence-electron chi connectivity index (χ3n) is 5.87. The maximum Gasteiger partial charge on any atom is 0.240 e. The van der Waals surface area contributed by atoms with E-state index in [9.17, 15) is 8.42 Å². The molecular weight excluding hydrogens is 406 g/mol. The maximum atomic E-state index is 13.1. The van der Waals surface area contributed by atoms with Crippen LogP contribution in [0.3, 0.4) is 0 Å². The fourth-order valence-electron chi connectivity index (χ4n) is 4.18. The lowest BCUT2D eigenvalue weighted by molar-refractivity contribution is 0.187. The standard InChI is InChI=1S/C26H37NO3S/c1-5-9-15-21(6-2)25-18-19-30-26(24(25)8-4)20-23(7-3)31(28,29)27-22-16-13-11-10-12-14-17-22/h5-9,15,20,22,25,27H,2-4,10-14,16-19H2,1H3/b9-5-,21-15+,23-20+. The lowest BCUT2D eigenvalue weighted by atomic mass is 9.85. The molecule has 1 heterocycles. The van der Waals surface area contributed by atoms with Crippen LogP contribution in [0.4, 0.5) is 0 Å². The van der Waals surface area contributed by atoms with Crippen molar-refractivity contribution in [2.45, 2.75) is 64.3 Å². The van der Waals surface area contributed by atoms with Gasteiger partial charge < -0.3 is 4.74 Å².